The Morgan fingerprint density at radius 1 is 1.17 bits per heavy atom. The van der Waals surface area contributed by atoms with E-state index in [1.54, 1.807) is 11.3 Å². The van der Waals surface area contributed by atoms with Crippen molar-refractivity contribution >= 4 is 23.1 Å². The van der Waals surface area contributed by atoms with Gasteiger partial charge in [-0.3, -0.25) is 0 Å². The highest BCUT2D eigenvalue weighted by atomic mass is 32.1. The first-order valence-electron chi connectivity index (χ1n) is 10.4. The molecule has 0 unspecified atom stereocenters. The van der Waals surface area contributed by atoms with Crippen molar-refractivity contribution in [3.8, 4) is 0 Å². The summed E-state index contributed by atoms with van der Waals surface area (Å²) in [4.78, 5) is 15.5. The van der Waals surface area contributed by atoms with Gasteiger partial charge in [-0.25, -0.2) is 9.98 Å². The standard InChI is InChI=1S/C22H34N6S/c1-5-23-21(26-17-22(2,3)19-7-6-14-29-19)25-16-18-8-9-20(24-15-18)28-12-10-27(4)11-13-28/h6-9,14-15H,5,10-13,16-17H2,1-4H3,(H2,23,25,26). The first-order chi connectivity index (χ1) is 14.0. The van der Waals surface area contributed by atoms with E-state index >= 15 is 0 Å². The molecule has 1 fully saturated rings. The van der Waals surface area contributed by atoms with Crippen LogP contribution in [0, 0.1) is 0 Å². The Labute approximate surface area is 179 Å². The van der Waals surface area contributed by atoms with E-state index in [1.165, 1.54) is 4.88 Å². The maximum Gasteiger partial charge on any atom is 0.191 e. The van der Waals surface area contributed by atoms with Gasteiger partial charge in [-0.2, -0.15) is 0 Å². The number of guanidine groups is 1. The molecule has 2 aromatic heterocycles. The molecule has 0 aliphatic carbocycles. The molecule has 0 bridgehead atoms. The van der Waals surface area contributed by atoms with Crippen LogP contribution in [0.5, 0.6) is 0 Å². The molecular weight excluding hydrogens is 380 g/mol. The maximum absolute atomic E-state index is 4.76. The van der Waals surface area contributed by atoms with Crippen LogP contribution < -0.4 is 15.5 Å². The molecule has 1 saturated heterocycles. The van der Waals surface area contributed by atoms with Crippen LogP contribution in [-0.4, -0.2) is 62.2 Å². The van der Waals surface area contributed by atoms with Gasteiger partial charge in [0.2, 0.25) is 0 Å². The molecule has 0 saturated carbocycles. The van der Waals surface area contributed by atoms with Crippen molar-refractivity contribution in [1.82, 2.24) is 20.5 Å². The molecule has 0 spiro atoms. The van der Waals surface area contributed by atoms with Gasteiger partial charge in [0.15, 0.2) is 5.96 Å². The molecule has 7 heteroatoms. The third-order valence-electron chi connectivity index (χ3n) is 5.29. The second-order valence-corrected chi connectivity index (χ2v) is 9.17. The number of anilines is 1. The summed E-state index contributed by atoms with van der Waals surface area (Å²) < 4.78 is 0. The molecule has 2 aromatic rings. The Kier molecular flexibility index (Phi) is 7.50. The van der Waals surface area contributed by atoms with E-state index in [4.69, 9.17) is 4.99 Å². The van der Waals surface area contributed by atoms with Crippen LogP contribution >= 0.6 is 11.3 Å². The van der Waals surface area contributed by atoms with E-state index in [-0.39, 0.29) is 5.41 Å². The molecule has 3 rings (SSSR count). The number of nitrogens with zero attached hydrogens (tertiary/aromatic N) is 4. The topological polar surface area (TPSA) is 55.8 Å². The van der Waals surface area contributed by atoms with E-state index in [0.29, 0.717) is 6.54 Å². The third kappa shape index (κ3) is 6.18. The highest BCUT2D eigenvalue weighted by Gasteiger charge is 2.22. The lowest BCUT2D eigenvalue weighted by molar-refractivity contribution is 0.312. The number of rotatable bonds is 7. The van der Waals surface area contributed by atoms with E-state index in [0.717, 1.165) is 56.6 Å². The van der Waals surface area contributed by atoms with Crippen molar-refractivity contribution in [3.05, 3.63) is 46.3 Å². The van der Waals surface area contributed by atoms with Gasteiger partial charge in [-0.1, -0.05) is 26.0 Å². The van der Waals surface area contributed by atoms with Crippen molar-refractivity contribution in [3.63, 3.8) is 0 Å². The summed E-state index contributed by atoms with van der Waals surface area (Å²) >= 11 is 1.80. The second kappa shape index (κ2) is 10.1. The van der Waals surface area contributed by atoms with Crippen LogP contribution in [-0.2, 0) is 12.0 Å². The van der Waals surface area contributed by atoms with Gasteiger partial charge in [-0.05, 0) is 37.0 Å². The van der Waals surface area contributed by atoms with Crippen molar-refractivity contribution in [2.75, 3.05) is 51.2 Å². The molecule has 1 aliphatic heterocycles. The number of aromatic nitrogens is 1. The molecule has 158 valence electrons. The van der Waals surface area contributed by atoms with Crippen molar-refractivity contribution in [2.45, 2.75) is 32.7 Å². The summed E-state index contributed by atoms with van der Waals surface area (Å²) in [6.07, 6.45) is 1.95. The Morgan fingerprint density at radius 2 is 1.97 bits per heavy atom. The van der Waals surface area contributed by atoms with Gasteiger partial charge in [0, 0.05) is 55.8 Å². The molecule has 6 nitrogen and oxygen atoms in total. The number of piperazine rings is 1. The summed E-state index contributed by atoms with van der Waals surface area (Å²) in [5.74, 6) is 1.91. The Bertz CT molecular complexity index is 761. The fraction of sp³-hybridized carbons (Fsp3) is 0.545. The predicted molar refractivity (Wildman–Crippen MR) is 124 cm³/mol. The van der Waals surface area contributed by atoms with Gasteiger partial charge >= 0.3 is 0 Å². The minimum absolute atomic E-state index is 0.0655. The quantitative estimate of drug-likeness (QED) is 0.539. The average molecular weight is 415 g/mol. The number of thiophene rings is 1. The first-order valence-corrected chi connectivity index (χ1v) is 11.3. The van der Waals surface area contributed by atoms with E-state index in [9.17, 15) is 0 Å². The fourth-order valence-corrected chi connectivity index (χ4v) is 4.15. The number of pyridine rings is 1. The highest BCUT2D eigenvalue weighted by Crippen LogP contribution is 2.26. The zero-order chi connectivity index (χ0) is 20.7. The Hall–Kier alpha value is -2.12. The van der Waals surface area contributed by atoms with E-state index in [2.05, 4.69) is 82.9 Å². The smallest absolute Gasteiger partial charge is 0.191 e. The van der Waals surface area contributed by atoms with Crippen LogP contribution in [0.3, 0.4) is 0 Å². The lowest BCUT2D eigenvalue weighted by Gasteiger charge is -2.33. The highest BCUT2D eigenvalue weighted by molar-refractivity contribution is 7.10. The number of likely N-dealkylation sites (N-methyl/N-ethyl adjacent to an activating group) is 1. The van der Waals surface area contributed by atoms with Gasteiger partial charge in [-0.15, -0.1) is 11.3 Å². The average Bonchev–Trinajstić information content (AvgIpc) is 3.27. The third-order valence-corrected chi connectivity index (χ3v) is 6.52. The maximum atomic E-state index is 4.76. The first kappa shape index (κ1) is 21.6. The minimum atomic E-state index is 0.0655. The molecule has 0 radical (unpaired) electrons. The molecule has 2 N–H and O–H groups in total. The Balaban J connectivity index is 1.56. The van der Waals surface area contributed by atoms with E-state index in [1.807, 2.05) is 6.20 Å². The lowest BCUT2D eigenvalue weighted by atomic mass is 9.91. The monoisotopic (exact) mass is 414 g/mol. The normalized spacial score (nSPS) is 16.1. The Morgan fingerprint density at radius 3 is 2.59 bits per heavy atom. The van der Waals surface area contributed by atoms with Crippen LogP contribution in [0.15, 0.2) is 40.8 Å². The summed E-state index contributed by atoms with van der Waals surface area (Å²) in [6.45, 7) is 13.2. The van der Waals surface area contributed by atoms with Crippen LogP contribution in [0.4, 0.5) is 5.82 Å². The van der Waals surface area contributed by atoms with Gasteiger partial charge in [0.05, 0.1) is 6.54 Å². The summed E-state index contributed by atoms with van der Waals surface area (Å²) in [6, 6.07) is 8.57. The molecule has 0 atom stereocenters. The van der Waals surface area contributed by atoms with Crippen LogP contribution in [0.25, 0.3) is 0 Å². The second-order valence-electron chi connectivity index (χ2n) is 8.22. The van der Waals surface area contributed by atoms with Crippen molar-refractivity contribution in [1.29, 1.82) is 0 Å². The molecule has 1 aliphatic rings. The van der Waals surface area contributed by atoms with Crippen molar-refractivity contribution < 1.29 is 0 Å². The van der Waals surface area contributed by atoms with Gasteiger partial charge in [0.1, 0.15) is 5.82 Å². The summed E-state index contributed by atoms with van der Waals surface area (Å²) in [7, 11) is 2.17. The van der Waals surface area contributed by atoms with Gasteiger partial charge in [0.25, 0.3) is 0 Å². The number of nitrogens with one attached hydrogen (secondary N) is 2. The van der Waals surface area contributed by atoms with E-state index < -0.39 is 0 Å². The lowest BCUT2D eigenvalue weighted by Crippen LogP contribution is -2.44. The van der Waals surface area contributed by atoms with Crippen LogP contribution in [0.2, 0.25) is 0 Å². The number of aliphatic imine (C=N–C) groups is 1. The summed E-state index contributed by atoms with van der Waals surface area (Å²) in [5, 5.41) is 8.98. The number of hydrogen-bond donors (Lipinski definition) is 2. The minimum Gasteiger partial charge on any atom is -0.357 e. The molecule has 29 heavy (non-hydrogen) atoms. The molecule has 0 aromatic carbocycles. The predicted octanol–water partition coefficient (Wildman–Crippen LogP) is 2.93. The number of hydrogen-bond acceptors (Lipinski definition) is 5. The SMILES string of the molecule is CCNC(=NCc1ccc(N2CCN(C)CC2)nc1)NCC(C)(C)c1cccs1. The summed E-state index contributed by atoms with van der Waals surface area (Å²) in [5.41, 5.74) is 1.19. The molecule has 3 heterocycles. The largest absolute Gasteiger partial charge is 0.357 e. The molecular formula is C22H34N6S. The van der Waals surface area contributed by atoms with Crippen LogP contribution in [0.1, 0.15) is 31.2 Å². The fourth-order valence-electron chi connectivity index (χ4n) is 3.30. The van der Waals surface area contributed by atoms with Crippen molar-refractivity contribution in [2.24, 2.45) is 4.99 Å². The zero-order valence-corrected chi connectivity index (χ0v) is 18.9. The van der Waals surface area contributed by atoms with Gasteiger partial charge < -0.3 is 20.4 Å². The molecule has 0 amide bonds. The zero-order valence-electron chi connectivity index (χ0n) is 18.1.